The van der Waals surface area contributed by atoms with Crippen LogP contribution in [0, 0.1) is 0 Å². The predicted molar refractivity (Wildman–Crippen MR) is 99.4 cm³/mol. The monoisotopic (exact) mass is 347 g/mol. The van der Waals surface area contributed by atoms with Gasteiger partial charge in [0.05, 0.1) is 19.2 Å². The average Bonchev–Trinajstić information content (AvgIpc) is 2.59. The molecule has 0 fully saturated rings. The molecule has 0 unspecified atom stereocenters. The number of methoxy groups -OCH3 is 2. The maximum atomic E-state index is 6.08. The molecule has 128 valence electrons. The Bertz CT molecular complexity index is 704. The Labute approximate surface area is 147 Å². The molecule has 0 aromatic heterocycles. The number of nitrogens with zero attached hydrogens (tertiary/aromatic N) is 1. The quantitative estimate of drug-likeness (QED) is 0.455. The summed E-state index contributed by atoms with van der Waals surface area (Å²) in [7, 11) is 3.24. The number of ether oxygens (including phenoxy) is 2. The van der Waals surface area contributed by atoms with Gasteiger partial charge >= 0.3 is 0 Å². The first-order chi connectivity index (χ1) is 11.6. The second kappa shape index (κ2) is 9.03. The number of rotatable bonds is 7. The molecule has 6 heteroatoms. The van der Waals surface area contributed by atoms with Crippen molar-refractivity contribution < 1.29 is 9.47 Å². The van der Waals surface area contributed by atoms with Gasteiger partial charge in [0.25, 0.3) is 0 Å². The Hall–Kier alpha value is -2.40. The fourth-order valence-corrected chi connectivity index (χ4v) is 2.50. The fourth-order valence-electron chi connectivity index (χ4n) is 2.24. The SMILES string of the molecule is COc1cccc(CCCN=C(N)Nc2ccc(OC)c(Cl)c2)c1. The number of benzene rings is 2. The van der Waals surface area contributed by atoms with Gasteiger partial charge < -0.3 is 20.5 Å². The highest BCUT2D eigenvalue weighted by atomic mass is 35.5. The van der Waals surface area contributed by atoms with Crippen molar-refractivity contribution in [1.82, 2.24) is 0 Å². The number of anilines is 1. The molecule has 0 saturated heterocycles. The van der Waals surface area contributed by atoms with E-state index in [1.165, 1.54) is 5.56 Å². The number of nitrogens with one attached hydrogen (secondary N) is 1. The lowest BCUT2D eigenvalue weighted by atomic mass is 10.1. The highest BCUT2D eigenvalue weighted by Gasteiger charge is 2.02. The summed E-state index contributed by atoms with van der Waals surface area (Å²) in [6.45, 7) is 0.639. The summed E-state index contributed by atoms with van der Waals surface area (Å²) in [5.41, 5.74) is 7.89. The molecule has 0 aliphatic carbocycles. The van der Waals surface area contributed by atoms with Crippen molar-refractivity contribution >= 4 is 23.2 Å². The molecule has 0 spiro atoms. The molecule has 0 aliphatic rings. The second-order valence-electron chi connectivity index (χ2n) is 5.20. The average molecular weight is 348 g/mol. The van der Waals surface area contributed by atoms with E-state index in [1.807, 2.05) is 24.3 Å². The summed E-state index contributed by atoms with van der Waals surface area (Å²) in [6.07, 6.45) is 1.82. The van der Waals surface area contributed by atoms with Gasteiger partial charge in [-0.15, -0.1) is 0 Å². The Morgan fingerprint density at radius 3 is 2.71 bits per heavy atom. The van der Waals surface area contributed by atoms with Crippen molar-refractivity contribution in [2.45, 2.75) is 12.8 Å². The van der Waals surface area contributed by atoms with E-state index in [9.17, 15) is 0 Å². The standard InChI is InChI=1S/C18H22ClN3O2/c1-23-15-7-3-5-13(11-15)6-4-10-21-18(20)22-14-8-9-17(24-2)16(19)12-14/h3,5,7-9,11-12H,4,6,10H2,1-2H3,(H3,20,21,22). The number of nitrogens with two attached hydrogens (primary N) is 1. The highest BCUT2D eigenvalue weighted by molar-refractivity contribution is 6.32. The summed E-state index contributed by atoms with van der Waals surface area (Å²) in [4.78, 5) is 4.33. The largest absolute Gasteiger partial charge is 0.497 e. The number of aryl methyl sites for hydroxylation is 1. The second-order valence-corrected chi connectivity index (χ2v) is 5.60. The van der Waals surface area contributed by atoms with Gasteiger partial charge in [0.1, 0.15) is 11.5 Å². The van der Waals surface area contributed by atoms with Crippen LogP contribution < -0.4 is 20.5 Å². The lowest BCUT2D eigenvalue weighted by molar-refractivity contribution is 0.414. The third-order valence-corrected chi connectivity index (χ3v) is 3.76. The lowest BCUT2D eigenvalue weighted by Crippen LogP contribution is -2.22. The maximum Gasteiger partial charge on any atom is 0.193 e. The zero-order chi connectivity index (χ0) is 17.4. The zero-order valence-electron chi connectivity index (χ0n) is 13.9. The van der Waals surface area contributed by atoms with Crippen LogP contribution in [0.15, 0.2) is 47.5 Å². The molecule has 0 amide bonds. The lowest BCUT2D eigenvalue weighted by Gasteiger charge is -2.08. The van der Waals surface area contributed by atoms with Crippen molar-refractivity contribution in [3.8, 4) is 11.5 Å². The first kappa shape index (κ1) is 17.9. The number of guanidine groups is 1. The smallest absolute Gasteiger partial charge is 0.193 e. The van der Waals surface area contributed by atoms with Gasteiger partial charge in [-0.05, 0) is 48.7 Å². The van der Waals surface area contributed by atoms with Gasteiger partial charge in [0.2, 0.25) is 0 Å². The van der Waals surface area contributed by atoms with Crippen LogP contribution in [-0.4, -0.2) is 26.7 Å². The number of hydrogen-bond acceptors (Lipinski definition) is 3. The van der Waals surface area contributed by atoms with Gasteiger partial charge in [0, 0.05) is 12.2 Å². The molecule has 5 nitrogen and oxygen atoms in total. The minimum atomic E-state index is 0.363. The van der Waals surface area contributed by atoms with E-state index < -0.39 is 0 Å². The van der Waals surface area contributed by atoms with E-state index in [-0.39, 0.29) is 0 Å². The molecular weight excluding hydrogens is 326 g/mol. The van der Waals surface area contributed by atoms with Crippen LogP contribution in [0.1, 0.15) is 12.0 Å². The van der Waals surface area contributed by atoms with Crippen molar-refractivity contribution in [3.63, 3.8) is 0 Å². The van der Waals surface area contributed by atoms with E-state index in [4.69, 9.17) is 26.8 Å². The first-order valence-electron chi connectivity index (χ1n) is 7.66. The van der Waals surface area contributed by atoms with Crippen LogP contribution in [0.3, 0.4) is 0 Å². The Kier molecular flexibility index (Phi) is 6.75. The molecule has 3 N–H and O–H groups in total. The molecule has 2 aromatic rings. The third-order valence-electron chi connectivity index (χ3n) is 3.46. The molecular formula is C18H22ClN3O2. The number of hydrogen-bond donors (Lipinski definition) is 2. The normalized spacial score (nSPS) is 11.2. The summed E-state index contributed by atoms with van der Waals surface area (Å²) in [5, 5.41) is 3.54. The van der Waals surface area contributed by atoms with E-state index in [1.54, 1.807) is 26.4 Å². The molecule has 0 aliphatic heterocycles. The van der Waals surface area contributed by atoms with Gasteiger partial charge in [-0.2, -0.15) is 0 Å². The van der Waals surface area contributed by atoms with Gasteiger partial charge in [0.15, 0.2) is 5.96 Å². The molecule has 0 atom stereocenters. The minimum absolute atomic E-state index is 0.363. The molecule has 0 bridgehead atoms. The fraction of sp³-hybridized carbons (Fsp3) is 0.278. The van der Waals surface area contributed by atoms with Gasteiger partial charge in [-0.1, -0.05) is 23.7 Å². The minimum Gasteiger partial charge on any atom is -0.497 e. The van der Waals surface area contributed by atoms with Gasteiger partial charge in [-0.25, -0.2) is 0 Å². The van der Waals surface area contributed by atoms with Crippen LogP contribution in [0.2, 0.25) is 5.02 Å². The maximum absolute atomic E-state index is 6.08. The van der Waals surface area contributed by atoms with Crippen LogP contribution >= 0.6 is 11.6 Å². The van der Waals surface area contributed by atoms with E-state index in [2.05, 4.69) is 16.4 Å². The van der Waals surface area contributed by atoms with E-state index >= 15 is 0 Å². The zero-order valence-corrected chi connectivity index (χ0v) is 14.6. The van der Waals surface area contributed by atoms with Crippen molar-refractivity contribution in [2.24, 2.45) is 10.7 Å². The predicted octanol–water partition coefficient (Wildman–Crippen LogP) is 3.72. The van der Waals surface area contributed by atoms with E-state index in [0.29, 0.717) is 23.3 Å². The molecule has 0 saturated carbocycles. The van der Waals surface area contributed by atoms with Crippen molar-refractivity contribution in [1.29, 1.82) is 0 Å². The van der Waals surface area contributed by atoms with Crippen molar-refractivity contribution in [3.05, 3.63) is 53.1 Å². The van der Waals surface area contributed by atoms with E-state index in [0.717, 1.165) is 24.3 Å². The third kappa shape index (κ3) is 5.35. The first-order valence-corrected chi connectivity index (χ1v) is 8.03. The van der Waals surface area contributed by atoms with Crippen LogP contribution in [0.5, 0.6) is 11.5 Å². The van der Waals surface area contributed by atoms with Crippen LogP contribution in [0.4, 0.5) is 5.69 Å². The molecule has 2 rings (SSSR count). The number of aliphatic imine (C=N–C) groups is 1. The molecule has 0 radical (unpaired) electrons. The molecule has 24 heavy (non-hydrogen) atoms. The Morgan fingerprint density at radius 1 is 1.17 bits per heavy atom. The summed E-state index contributed by atoms with van der Waals surface area (Å²) < 4.78 is 10.3. The summed E-state index contributed by atoms with van der Waals surface area (Å²) in [6, 6.07) is 13.4. The Morgan fingerprint density at radius 2 is 2.00 bits per heavy atom. The van der Waals surface area contributed by atoms with Gasteiger partial charge in [-0.3, -0.25) is 4.99 Å². The Balaban J connectivity index is 1.82. The summed E-state index contributed by atoms with van der Waals surface area (Å²) >= 11 is 6.08. The van der Waals surface area contributed by atoms with Crippen LogP contribution in [-0.2, 0) is 6.42 Å². The molecule has 2 aromatic carbocycles. The topological polar surface area (TPSA) is 68.9 Å². The summed E-state index contributed by atoms with van der Waals surface area (Å²) in [5.74, 6) is 1.85. The highest BCUT2D eigenvalue weighted by Crippen LogP contribution is 2.27. The molecule has 0 heterocycles. The van der Waals surface area contributed by atoms with Crippen molar-refractivity contribution in [2.75, 3.05) is 26.1 Å². The van der Waals surface area contributed by atoms with Crippen LogP contribution in [0.25, 0.3) is 0 Å². The number of halogens is 1.